The number of hydrogen-bond acceptors (Lipinski definition) is 5. The number of aromatic nitrogens is 2. The van der Waals surface area contributed by atoms with Crippen molar-refractivity contribution in [1.82, 2.24) is 14.9 Å². The highest BCUT2D eigenvalue weighted by Crippen LogP contribution is 2.33. The number of amides is 1. The van der Waals surface area contributed by atoms with Crippen LogP contribution in [0, 0.1) is 5.92 Å². The zero-order chi connectivity index (χ0) is 24.1. The monoisotopic (exact) mass is 462 g/mol. The molecule has 8 nitrogen and oxygen atoms in total. The van der Waals surface area contributed by atoms with E-state index in [4.69, 9.17) is 4.74 Å². The van der Waals surface area contributed by atoms with E-state index in [2.05, 4.69) is 15.6 Å². The summed E-state index contributed by atoms with van der Waals surface area (Å²) >= 11 is 0. The molecule has 0 spiro atoms. The van der Waals surface area contributed by atoms with Gasteiger partial charge in [-0.2, -0.15) is 0 Å². The highest BCUT2D eigenvalue weighted by atomic mass is 16.6. The topological polar surface area (TPSA) is 105 Å². The molecule has 1 aliphatic carbocycles. The van der Waals surface area contributed by atoms with Crippen LogP contribution in [0.4, 0.5) is 10.6 Å². The Morgan fingerprint density at radius 3 is 2.50 bits per heavy atom. The van der Waals surface area contributed by atoms with E-state index in [1.54, 1.807) is 17.9 Å². The molecule has 0 aliphatic heterocycles. The zero-order valence-corrected chi connectivity index (χ0v) is 19.4. The quantitative estimate of drug-likeness (QED) is 0.402. The molecule has 2 aromatic carbocycles. The van der Waals surface area contributed by atoms with Gasteiger partial charge < -0.3 is 19.7 Å². The van der Waals surface area contributed by atoms with Crippen LogP contribution in [0.1, 0.15) is 43.4 Å². The van der Waals surface area contributed by atoms with Crippen molar-refractivity contribution >= 4 is 17.9 Å². The average Bonchev–Trinajstić information content (AvgIpc) is 3.59. The Morgan fingerprint density at radius 1 is 1.15 bits per heavy atom. The minimum Gasteiger partial charge on any atom is -0.480 e. The summed E-state index contributed by atoms with van der Waals surface area (Å²) in [4.78, 5) is 28.5. The summed E-state index contributed by atoms with van der Waals surface area (Å²) in [6.45, 7) is 2.30. The van der Waals surface area contributed by atoms with Gasteiger partial charge in [0.05, 0.1) is 6.33 Å². The van der Waals surface area contributed by atoms with Gasteiger partial charge in [-0.05, 0) is 30.4 Å². The van der Waals surface area contributed by atoms with Crippen molar-refractivity contribution < 1.29 is 19.4 Å². The zero-order valence-electron chi connectivity index (χ0n) is 19.4. The molecular formula is C26H30N4O4. The summed E-state index contributed by atoms with van der Waals surface area (Å²) in [6, 6.07) is 16.7. The Labute approximate surface area is 199 Å². The standard InChI is InChI=1S/C26H30N4O4/c1-17(20-6-4-3-5-7-20)34-26(33)29-24-23(28-16-30(24)2)21-12-10-19(11-13-21)15-27-22(25(31)32)14-18-8-9-18/h3-7,10-13,16-18,22,27H,8-9,14-15H2,1-2H3,(H,29,33)(H,31,32). The van der Waals surface area contributed by atoms with Crippen LogP contribution in [0.5, 0.6) is 0 Å². The highest BCUT2D eigenvalue weighted by molar-refractivity contribution is 5.89. The number of aryl methyl sites for hydroxylation is 1. The normalized spacial score (nSPS) is 14.9. The Bertz CT molecular complexity index is 1120. The van der Waals surface area contributed by atoms with E-state index in [0.29, 0.717) is 30.4 Å². The van der Waals surface area contributed by atoms with Crippen LogP contribution in [0.25, 0.3) is 11.3 Å². The molecule has 8 heteroatoms. The lowest BCUT2D eigenvalue weighted by molar-refractivity contribution is -0.139. The van der Waals surface area contributed by atoms with E-state index >= 15 is 0 Å². The number of ether oxygens (including phenoxy) is 1. The van der Waals surface area contributed by atoms with Crippen LogP contribution >= 0.6 is 0 Å². The fourth-order valence-corrected chi connectivity index (χ4v) is 3.85. The van der Waals surface area contributed by atoms with Crippen LogP contribution in [0.2, 0.25) is 0 Å². The molecule has 0 saturated heterocycles. The first-order chi connectivity index (χ1) is 16.4. The van der Waals surface area contributed by atoms with Crippen LogP contribution in [0.3, 0.4) is 0 Å². The lowest BCUT2D eigenvalue weighted by atomic mass is 10.1. The molecule has 1 aromatic heterocycles. The minimum absolute atomic E-state index is 0.390. The van der Waals surface area contributed by atoms with E-state index in [0.717, 1.165) is 29.5 Å². The van der Waals surface area contributed by atoms with E-state index in [9.17, 15) is 14.7 Å². The molecular weight excluding hydrogens is 432 g/mol. The summed E-state index contributed by atoms with van der Waals surface area (Å²) in [5, 5.41) is 15.4. The average molecular weight is 463 g/mol. The van der Waals surface area contributed by atoms with Gasteiger partial charge in [-0.3, -0.25) is 10.1 Å². The van der Waals surface area contributed by atoms with Crippen LogP contribution in [-0.4, -0.2) is 32.8 Å². The minimum atomic E-state index is -0.804. The summed E-state index contributed by atoms with van der Waals surface area (Å²) < 4.78 is 7.26. The number of nitrogens with zero attached hydrogens (tertiary/aromatic N) is 2. The fraction of sp³-hybridized carbons (Fsp3) is 0.346. The molecule has 3 aromatic rings. The predicted octanol–water partition coefficient (Wildman–Crippen LogP) is 4.74. The number of imidazole rings is 1. The first kappa shape index (κ1) is 23.5. The van der Waals surface area contributed by atoms with E-state index in [1.807, 2.05) is 61.5 Å². The van der Waals surface area contributed by atoms with Gasteiger partial charge in [-0.1, -0.05) is 67.4 Å². The van der Waals surface area contributed by atoms with Gasteiger partial charge in [0.1, 0.15) is 23.7 Å². The van der Waals surface area contributed by atoms with Gasteiger partial charge in [-0.25, -0.2) is 9.78 Å². The van der Waals surface area contributed by atoms with E-state index in [-0.39, 0.29) is 6.10 Å². The van der Waals surface area contributed by atoms with Gasteiger partial charge in [-0.15, -0.1) is 0 Å². The summed E-state index contributed by atoms with van der Waals surface area (Å²) in [5.74, 6) is 0.265. The van der Waals surface area contributed by atoms with Crippen LogP contribution < -0.4 is 10.6 Å². The second-order valence-corrected chi connectivity index (χ2v) is 8.78. The highest BCUT2D eigenvalue weighted by Gasteiger charge is 2.28. The molecule has 4 rings (SSSR count). The van der Waals surface area contributed by atoms with Crippen molar-refractivity contribution in [3.63, 3.8) is 0 Å². The Balaban J connectivity index is 1.39. The third kappa shape index (κ3) is 6.02. The molecule has 0 radical (unpaired) electrons. The third-order valence-corrected chi connectivity index (χ3v) is 6.05. The molecule has 3 N–H and O–H groups in total. The second kappa shape index (κ2) is 10.5. The summed E-state index contributed by atoms with van der Waals surface area (Å²) in [7, 11) is 1.80. The maximum Gasteiger partial charge on any atom is 0.413 e. The molecule has 178 valence electrons. The largest absolute Gasteiger partial charge is 0.480 e. The lowest BCUT2D eigenvalue weighted by Gasteiger charge is -2.15. The molecule has 1 fully saturated rings. The van der Waals surface area contributed by atoms with Gasteiger partial charge in [0.2, 0.25) is 0 Å². The van der Waals surface area contributed by atoms with Crippen molar-refractivity contribution in [3.05, 3.63) is 72.1 Å². The number of carbonyl (C=O) groups is 2. The lowest BCUT2D eigenvalue weighted by Crippen LogP contribution is -2.36. The van der Waals surface area contributed by atoms with E-state index < -0.39 is 18.1 Å². The van der Waals surface area contributed by atoms with Gasteiger partial charge >= 0.3 is 12.1 Å². The summed E-state index contributed by atoms with van der Waals surface area (Å²) in [5.41, 5.74) is 3.36. The van der Waals surface area contributed by atoms with Gasteiger partial charge in [0.25, 0.3) is 0 Å². The number of hydrogen-bond donors (Lipinski definition) is 3. The maximum absolute atomic E-state index is 12.5. The van der Waals surface area contributed by atoms with Crippen molar-refractivity contribution in [2.45, 2.75) is 44.9 Å². The second-order valence-electron chi connectivity index (χ2n) is 8.78. The molecule has 1 saturated carbocycles. The van der Waals surface area contributed by atoms with E-state index in [1.165, 1.54) is 0 Å². The van der Waals surface area contributed by atoms with Gasteiger partial charge in [0.15, 0.2) is 0 Å². The Hall–Kier alpha value is -3.65. The number of carbonyl (C=O) groups excluding carboxylic acids is 1. The van der Waals surface area contributed by atoms with Crippen LogP contribution in [-0.2, 0) is 23.1 Å². The van der Waals surface area contributed by atoms with Crippen molar-refractivity contribution in [2.24, 2.45) is 13.0 Å². The molecule has 2 atom stereocenters. The number of anilines is 1. The molecule has 2 unspecified atom stereocenters. The number of carboxylic acid groups (broad SMARTS) is 1. The molecule has 34 heavy (non-hydrogen) atoms. The van der Waals surface area contributed by atoms with Crippen molar-refractivity contribution in [1.29, 1.82) is 0 Å². The smallest absolute Gasteiger partial charge is 0.413 e. The van der Waals surface area contributed by atoms with Crippen molar-refractivity contribution in [2.75, 3.05) is 5.32 Å². The molecule has 1 aliphatic rings. The summed E-state index contributed by atoms with van der Waals surface area (Å²) in [6.07, 6.45) is 3.61. The molecule has 0 bridgehead atoms. The molecule has 1 amide bonds. The number of benzene rings is 2. The number of aliphatic carboxylic acids is 1. The number of carboxylic acids is 1. The Morgan fingerprint density at radius 2 is 1.85 bits per heavy atom. The fourth-order valence-electron chi connectivity index (χ4n) is 3.85. The number of nitrogens with one attached hydrogen (secondary N) is 2. The number of rotatable bonds is 10. The maximum atomic E-state index is 12.5. The SMILES string of the molecule is CC(OC(=O)Nc1c(-c2ccc(CNC(CC3CC3)C(=O)O)cc2)ncn1C)c1ccccc1. The first-order valence-corrected chi connectivity index (χ1v) is 11.5. The first-order valence-electron chi connectivity index (χ1n) is 11.5. The van der Waals surface area contributed by atoms with Crippen molar-refractivity contribution in [3.8, 4) is 11.3 Å². The molecule has 1 heterocycles. The Kier molecular flexibility index (Phi) is 7.27. The van der Waals surface area contributed by atoms with Gasteiger partial charge in [0, 0.05) is 19.2 Å². The van der Waals surface area contributed by atoms with Crippen LogP contribution in [0.15, 0.2) is 60.9 Å². The third-order valence-electron chi connectivity index (χ3n) is 6.05. The predicted molar refractivity (Wildman–Crippen MR) is 129 cm³/mol.